The van der Waals surface area contributed by atoms with E-state index in [1.807, 2.05) is 0 Å². The van der Waals surface area contributed by atoms with Gasteiger partial charge in [-0.15, -0.1) is 0 Å². The Balaban J connectivity index is 2.22. The Kier molecular flexibility index (Phi) is 4.14. The number of carbonyl (C=O) groups is 1. The largest absolute Gasteiger partial charge is 0.478 e. The van der Waals surface area contributed by atoms with Crippen LogP contribution < -0.4 is 5.32 Å². The van der Waals surface area contributed by atoms with Crippen molar-refractivity contribution < 1.29 is 18.7 Å². The minimum atomic E-state index is -1.18. The molecule has 104 valence electrons. The zero-order chi connectivity index (χ0) is 14.7. The fourth-order valence-corrected chi connectivity index (χ4v) is 1.73. The van der Waals surface area contributed by atoms with E-state index in [1.165, 1.54) is 18.2 Å². The van der Waals surface area contributed by atoms with E-state index >= 15 is 0 Å². The van der Waals surface area contributed by atoms with Crippen LogP contribution in [0.1, 0.15) is 15.9 Å². The average molecular weight is 299 g/mol. The van der Waals surface area contributed by atoms with Crippen LogP contribution in [0.4, 0.5) is 14.6 Å². The third-order valence-corrected chi connectivity index (χ3v) is 2.76. The summed E-state index contributed by atoms with van der Waals surface area (Å²) in [6.45, 7) is -0.0419. The minimum Gasteiger partial charge on any atom is -0.478 e. The highest BCUT2D eigenvalue weighted by molar-refractivity contribution is 6.29. The van der Waals surface area contributed by atoms with E-state index in [0.29, 0.717) is 0 Å². The first kappa shape index (κ1) is 14.2. The van der Waals surface area contributed by atoms with Gasteiger partial charge in [-0.25, -0.2) is 18.6 Å². The van der Waals surface area contributed by atoms with Crippen LogP contribution in [0, 0.1) is 11.6 Å². The van der Waals surface area contributed by atoms with Crippen LogP contribution in [-0.2, 0) is 6.54 Å². The van der Waals surface area contributed by atoms with Gasteiger partial charge in [0.25, 0.3) is 0 Å². The van der Waals surface area contributed by atoms with Gasteiger partial charge in [0.15, 0.2) is 0 Å². The molecule has 0 aliphatic carbocycles. The van der Waals surface area contributed by atoms with Crippen molar-refractivity contribution in [1.82, 2.24) is 4.98 Å². The van der Waals surface area contributed by atoms with Crippen molar-refractivity contribution in [3.63, 3.8) is 0 Å². The number of hydrogen-bond acceptors (Lipinski definition) is 3. The van der Waals surface area contributed by atoms with Gasteiger partial charge in [-0.1, -0.05) is 17.7 Å². The van der Waals surface area contributed by atoms with Crippen LogP contribution in [-0.4, -0.2) is 16.1 Å². The molecule has 0 spiro atoms. The molecule has 0 unspecified atom stereocenters. The topological polar surface area (TPSA) is 62.2 Å². The molecule has 0 aliphatic rings. The minimum absolute atomic E-state index is 0.0220. The molecule has 0 bridgehead atoms. The van der Waals surface area contributed by atoms with Crippen molar-refractivity contribution >= 4 is 23.4 Å². The lowest BCUT2D eigenvalue weighted by Gasteiger charge is -2.09. The van der Waals surface area contributed by atoms with E-state index in [4.69, 9.17) is 16.7 Å². The third kappa shape index (κ3) is 3.21. The van der Waals surface area contributed by atoms with E-state index in [-0.39, 0.29) is 28.6 Å². The van der Waals surface area contributed by atoms with Crippen molar-refractivity contribution in [1.29, 1.82) is 0 Å². The molecule has 1 aromatic heterocycles. The van der Waals surface area contributed by atoms with E-state index < -0.39 is 17.6 Å². The number of rotatable bonds is 4. The van der Waals surface area contributed by atoms with Gasteiger partial charge in [-0.05, 0) is 18.2 Å². The molecule has 4 nitrogen and oxygen atoms in total. The molecule has 0 radical (unpaired) electrons. The van der Waals surface area contributed by atoms with Gasteiger partial charge in [-0.3, -0.25) is 0 Å². The first-order valence-corrected chi connectivity index (χ1v) is 5.93. The number of nitrogens with zero attached hydrogens (tertiary/aromatic N) is 1. The molecule has 0 saturated heterocycles. The monoisotopic (exact) mass is 298 g/mol. The number of benzene rings is 1. The molecule has 0 amide bonds. The van der Waals surface area contributed by atoms with Gasteiger partial charge in [-0.2, -0.15) is 0 Å². The summed E-state index contributed by atoms with van der Waals surface area (Å²) >= 11 is 5.69. The maximum Gasteiger partial charge on any atom is 0.339 e. The summed E-state index contributed by atoms with van der Waals surface area (Å²) in [6.07, 6.45) is 0. The van der Waals surface area contributed by atoms with Crippen molar-refractivity contribution in [3.05, 3.63) is 58.2 Å². The summed E-state index contributed by atoms with van der Waals surface area (Å²) in [4.78, 5) is 14.8. The molecule has 0 aliphatic heterocycles. The molecule has 0 atom stereocenters. The number of carboxylic acid groups (broad SMARTS) is 1. The number of carboxylic acids is 1. The van der Waals surface area contributed by atoms with Gasteiger partial charge in [0.1, 0.15) is 28.2 Å². The number of aromatic carboxylic acids is 1. The normalized spacial score (nSPS) is 10.3. The van der Waals surface area contributed by atoms with E-state index in [2.05, 4.69) is 10.3 Å². The first-order chi connectivity index (χ1) is 9.47. The summed E-state index contributed by atoms with van der Waals surface area (Å²) in [5.41, 5.74) is 0.0986. The molecule has 1 aromatic carbocycles. The van der Waals surface area contributed by atoms with Gasteiger partial charge in [0.05, 0.1) is 0 Å². The number of anilines is 1. The zero-order valence-electron chi connectivity index (χ0n) is 10.0. The lowest BCUT2D eigenvalue weighted by atomic mass is 10.2. The highest BCUT2D eigenvalue weighted by Crippen LogP contribution is 2.18. The van der Waals surface area contributed by atoms with Gasteiger partial charge < -0.3 is 10.4 Å². The summed E-state index contributed by atoms with van der Waals surface area (Å²) in [7, 11) is 0. The molecular formula is C13H9ClF2N2O2. The van der Waals surface area contributed by atoms with Crippen LogP contribution in [0.25, 0.3) is 0 Å². The van der Waals surface area contributed by atoms with Gasteiger partial charge >= 0.3 is 5.97 Å². The molecule has 0 fully saturated rings. The summed E-state index contributed by atoms with van der Waals surface area (Å²) in [6, 6.07) is 5.77. The zero-order valence-corrected chi connectivity index (χ0v) is 10.8. The summed E-state index contributed by atoms with van der Waals surface area (Å²) < 4.78 is 26.2. The Hall–Kier alpha value is -2.21. The predicted molar refractivity (Wildman–Crippen MR) is 69.9 cm³/mol. The summed E-state index contributed by atoms with van der Waals surface area (Å²) in [5, 5.41) is 11.8. The van der Waals surface area contributed by atoms with Crippen LogP contribution in [0.3, 0.4) is 0 Å². The SMILES string of the molecule is O=C(O)c1ccc(Cl)nc1NCc1ccc(F)cc1F. The van der Waals surface area contributed by atoms with Crippen LogP contribution >= 0.6 is 11.6 Å². The fourth-order valence-electron chi connectivity index (χ4n) is 1.59. The third-order valence-electron chi connectivity index (χ3n) is 2.55. The van der Waals surface area contributed by atoms with Crippen molar-refractivity contribution in [2.45, 2.75) is 6.54 Å². The maximum absolute atomic E-state index is 13.4. The van der Waals surface area contributed by atoms with Crippen LogP contribution in [0.2, 0.25) is 5.15 Å². The molecule has 20 heavy (non-hydrogen) atoms. The van der Waals surface area contributed by atoms with Crippen molar-refractivity contribution in [2.75, 3.05) is 5.32 Å². The molecule has 0 saturated carbocycles. The Labute approximate surface area is 118 Å². The van der Waals surface area contributed by atoms with Crippen molar-refractivity contribution in [2.24, 2.45) is 0 Å². The smallest absolute Gasteiger partial charge is 0.339 e. The highest BCUT2D eigenvalue weighted by Gasteiger charge is 2.12. The Morgan fingerprint density at radius 3 is 2.70 bits per heavy atom. The number of nitrogens with one attached hydrogen (secondary N) is 1. The molecule has 1 heterocycles. The van der Waals surface area contributed by atoms with E-state index in [0.717, 1.165) is 12.1 Å². The summed E-state index contributed by atoms with van der Waals surface area (Å²) in [5.74, 6) is -2.57. The Morgan fingerprint density at radius 1 is 1.30 bits per heavy atom. The second-order valence-corrected chi connectivity index (χ2v) is 4.31. The van der Waals surface area contributed by atoms with Crippen LogP contribution in [0.5, 0.6) is 0 Å². The Morgan fingerprint density at radius 2 is 2.05 bits per heavy atom. The standard InChI is InChI=1S/C13H9ClF2N2O2/c14-11-4-3-9(13(19)20)12(18-11)17-6-7-1-2-8(15)5-10(7)16/h1-5H,6H2,(H,17,18)(H,19,20). The lowest BCUT2D eigenvalue weighted by Crippen LogP contribution is -2.09. The quantitative estimate of drug-likeness (QED) is 0.850. The van der Waals surface area contributed by atoms with Gasteiger partial charge in [0, 0.05) is 18.2 Å². The molecular weight excluding hydrogens is 290 g/mol. The second-order valence-electron chi connectivity index (χ2n) is 3.92. The highest BCUT2D eigenvalue weighted by atomic mass is 35.5. The second kappa shape index (κ2) is 5.83. The molecule has 2 N–H and O–H groups in total. The van der Waals surface area contributed by atoms with E-state index in [9.17, 15) is 13.6 Å². The Bertz CT molecular complexity index is 665. The van der Waals surface area contributed by atoms with E-state index in [1.54, 1.807) is 0 Å². The number of hydrogen-bond donors (Lipinski definition) is 2. The lowest BCUT2D eigenvalue weighted by molar-refractivity contribution is 0.0697. The predicted octanol–water partition coefficient (Wildman–Crippen LogP) is 3.32. The number of pyridine rings is 1. The molecule has 2 rings (SSSR count). The number of halogens is 3. The fraction of sp³-hybridized carbons (Fsp3) is 0.0769. The number of aromatic nitrogens is 1. The molecule has 2 aromatic rings. The maximum atomic E-state index is 13.4. The first-order valence-electron chi connectivity index (χ1n) is 5.55. The van der Waals surface area contributed by atoms with Gasteiger partial charge in [0.2, 0.25) is 0 Å². The molecule has 7 heteroatoms. The van der Waals surface area contributed by atoms with Crippen molar-refractivity contribution in [3.8, 4) is 0 Å². The van der Waals surface area contributed by atoms with Crippen LogP contribution in [0.15, 0.2) is 30.3 Å². The average Bonchev–Trinajstić information content (AvgIpc) is 2.37.